The number of sulfone groups is 1. The molecular formula is C14H18N2O4S. The first kappa shape index (κ1) is 17.0. The molecule has 0 spiro atoms. The van der Waals surface area contributed by atoms with Gasteiger partial charge in [-0.1, -0.05) is 12.1 Å². The van der Waals surface area contributed by atoms with E-state index in [0.717, 1.165) is 0 Å². The zero-order chi connectivity index (χ0) is 16.0. The molecule has 21 heavy (non-hydrogen) atoms. The van der Waals surface area contributed by atoms with Gasteiger partial charge in [0.05, 0.1) is 22.6 Å². The van der Waals surface area contributed by atoms with Crippen LogP contribution in [0.4, 0.5) is 4.79 Å². The second-order valence-corrected chi connectivity index (χ2v) is 7.32. The number of hydrogen-bond donors (Lipinski definition) is 2. The zero-order valence-corrected chi connectivity index (χ0v) is 12.7. The van der Waals surface area contributed by atoms with Gasteiger partial charge in [0, 0.05) is 6.04 Å². The van der Waals surface area contributed by atoms with Gasteiger partial charge in [-0.3, -0.25) is 0 Å². The van der Waals surface area contributed by atoms with Crippen molar-refractivity contribution in [1.29, 1.82) is 5.26 Å². The maximum absolute atomic E-state index is 12.2. The van der Waals surface area contributed by atoms with Crippen molar-refractivity contribution < 1.29 is 18.3 Å². The third kappa shape index (κ3) is 5.08. The minimum Gasteiger partial charge on any atom is -0.465 e. The molecule has 0 bridgehead atoms. The van der Waals surface area contributed by atoms with Gasteiger partial charge >= 0.3 is 6.09 Å². The van der Waals surface area contributed by atoms with Crippen molar-refractivity contribution in [3.63, 3.8) is 0 Å². The lowest BCUT2D eigenvalue weighted by Gasteiger charge is -2.16. The summed E-state index contributed by atoms with van der Waals surface area (Å²) in [5.74, 6) is -0.102. The summed E-state index contributed by atoms with van der Waals surface area (Å²) in [7, 11) is -3.38. The van der Waals surface area contributed by atoms with Gasteiger partial charge in [0.15, 0.2) is 9.84 Å². The lowest BCUT2D eigenvalue weighted by molar-refractivity contribution is 0.190. The minimum absolute atomic E-state index is 0.102. The molecule has 6 nitrogen and oxygen atoms in total. The van der Waals surface area contributed by atoms with Crippen molar-refractivity contribution >= 4 is 15.9 Å². The molecule has 1 aromatic rings. The lowest BCUT2D eigenvalue weighted by atomic mass is 10.1. The summed E-state index contributed by atoms with van der Waals surface area (Å²) in [6.07, 6.45) is -0.949. The number of amides is 1. The summed E-state index contributed by atoms with van der Waals surface area (Å²) in [6, 6.07) is 7.96. The molecule has 0 fully saturated rings. The Kier molecular flexibility index (Phi) is 5.73. The molecule has 2 atom stereocenters. The van der Waals surface area contributed by atoms with E-state index in [9.17, 15) is 13.2 Å². The molecule has 1 aromatic carbocycles. The SMILES string of the molecule is CC(CCS(=O)(=O)C(C)c1ccc(C#N)cc1)NC(=O)O. The standard InChI is InChI=1S/C14H18N2O4S/c1-10(16-14(17)18)7-8-21(19,20)11(2)13-5-3-12(9-15)4-6-13/h3-6,10-11,16H,7-8H2,1-2H3,(H,17,18). The van der Waals surface area contributed by atoms with Gasteiger partial charge in [0.25, 0.3) is 0 Å². The number of nitrogens with zero attached hydrogens (tertiary/aromatic N) is 1. The van der Waals surface area contributed by atoms with Crippen molar-refractivity contribution in [1.82, 2.24) is 5.32 Å². The number of carbonyl (C=O) groups is 1. The maximum atomic E-state index is 12.2. The van der Waals surface area contributed by atoms with Crippen LogP contribution in [0.15, 0.2) is 24.3 Å². The number of benzene rings is 1. The van der Waals surface area contributed by atoms with E-state index in [1.165, 1.54) is 0 Å². The van der Waals surface area contributed by atoms with E-state index in [0.29, 0.717) is 11.1 Å². The molecule has 0 aliphatic carbocycles. The molecule has 114 valence electrons. The number of carboxylic acid groups (broad SMARTS) is 1. The fraction of sp³-hybridized carbons (Fsp3) is 0.429. The fourth-order valence-corrected chi connectivity index (χ4v) is 3.44. The third-order valence-corrected chi connectivity index (χ3v) is 5.41. The molecule has 1 amide bonds. The highest BCUT2D eigenvalue weighted by Crippen LogP contribution is 2.23. The molecular weight excluding hydrogens is 292 g/mol. The molecule has 0 saturated carbocycles. The summed E-state index contributed by atoms with van der Waals surface area (Å²) in [6.45, 7) is 3.21. The van der Waals surface area contributed by atoms with Gasteiger partial charge in [-0.25, -0.2) is 13.2 Å². The van der Waals surface area contributed by atoms with Crippen LogP contribution in [-0.4, -0.2) is 31.4 Å². The third-order valence-electron chi connectivity index (χ3n) is 3.25. The fourth-order valence-electron chi connectivity index (χ4n) is 1.84. The van der Waals surface area contributed by atoms with Crippen LogP contribution >= 0.6 is 0 Å². The molecule has 0 radical (unpaired) electrons. The highest BCUT2D eigenvalue weighted by molar-refractivity contribution is 7.91. The van der Waals surface area contributed by atoms with Crippen LogP contribution in [-0.2, 0) is 9.84 Å². The Morgan fingerprint density at radius 1 is 1.33 bits per heavy atom. The van der Waals surface area contributed by atoms with Crippen molar-refractivity contribution in [2.45, 2.75) is 31.6 Å². The highest BCUT2D eigenvalue weighted by Gasteiger charge is 2.23. The monoisotopic (exact) mass is 310 g/mol. The Labute approximate surface area is 124 Å². The first-order valence-electron chi connectivity index (χ1n) is 6.47. The Morgan fingerprint density at radius 3 is 2.38 bits per heavy atom. The number of rotatable bonds is 6. The smallest absolute Gasteiger partial charge is 0.404 e. The van der Waals surface area contributed by atoms with Crippen LogP contribution in [0.25, 0.3) is 0 Å². The van der Waals surface area contributed by atoms with Crippen molar-refractivity contribution in [2.24, 2.45) is 0 Å². The minimum atomic E-state index is -3.38. The summed E-state index contributed by atoms with van der Waals surface area (Å²) in [4.78, 5) is 10.5. The van der Waals surface area contributed by atoms with Crippen LogP contribution in [0.5, 0.6) is 0 Å². The molecule has 0 saturated heterocycles. The highest BCUT2D eigenvalue weighted by atomic mass is 32.2. The first-order valence-corrected chi connectivity index (χ1v) is 8.19. The van der Waals surface area contributed by atoms with Gasteiger partial charge in [0.2, 0.25) is 0 Å². The Balaban J connectivity index is 2.72. The van der Waals surface area contributed by atoms with Gasteiger partial charge < -0.3 is 10.4 Å². The number of nitrogens with one attached hydrogen (secondary N) is 1. The second kappa shape index (κ2) is 7.09. The van der Waals surface area contributed by atoms with E-state index >= 15 is 0 Å². The normalized spacial score (nSPS) is 14.0. The van der Waals surface area contributed by atoms with E-state index in [1.807, 2.05) is 6.07 Å². The Bertz CT molecular complexity index is 632. The quantitative estimate of drug-likeness (QED) is 0.836. The first-order chi connectivity index (χ1) is 9.76. The van der Waals surface area contributed by atoms with E-state index in [2.05, 4.69) is 5.32 Å². The second-order valence-electron chi connectivity index (χ2n) is 4.88. The largest absolute Gasteiger partial charge is 0.465 e. The van der Waals surface area contributed by atoms with Crippen LogP contribution in [0.1, 0.15) is 36.6 Å². The predicted molar refractivity (Wildman–Crippen MR) is 78.6 cm³/mol. The van der Waals surface area contributed by atoms with Gasteiger partial charge in [0.1, 0.15) is 0 Å². The van der Waals surface area contributed by atoms with Crippen LogP contribution < -0.4 is 5.32 Å². The topological polar surface area (TPSA) is 107 Å². The Morgan fingerprint density at radius 2 is 1.90 bits per heavy atom. The summed E-state index contributed by atoms with van der Waals surface area (Å²) >= 11 is 0. The van der Waals surface area contributed by atoms with Crippen LogP contribution in [0.2, 0.25) is 0 Å². The Hall–Kier alpha value is -2.07. The molecule has 2 unspecified atom stereocenters. The molecule has 0 heterocycles. The molecule has 2 N–H and O–H groups in total. The van der Waals surface area contributed by atoms with Gasteiger partial charge in [-0.15, -0.1) is 0 Å². The van der Waals surface area contributed by atoms with Crippen molar-refractivity contribution in [3.8, 4) is 6.07 Å². The number of nitriles is 1. The summed E-state index contributed by atoms with van der Waals surface area (Å²) < 4.78 is 24.5. The van der Waals surface area contributed by atoms with Crippen molar-refractivity contribution in [3.05, 3.63) is 35.4 Å². The van der Waals surface area contributed by atoms with E-state index in [1.54, 1.807) is 38.1 Å². The van der Waals surface area contributed by atoms with Gasteiger partial charge in [-0.2, -0.15) is 5.26 Å². The molecule has 0 aliphatic rings. The molecule has 0 aromatic heterocycles. The average Bonchev–Trinajstić information content (AvgIpc) is 2.44. The molecule has 7 heteroatoms. The van der Waals surface area contributed by atoms with Crippen LogP contribution in [0.3, 0.4) is 0 Å². The van der Waals surface area contributed by atoms with Crippen molar-refractivity contribution in [2.75, 3.05) is 5.75 Å². The molecule has 0 aliphatic heterocycles. The van der Waals surface area contributed by atoms with E-state index < -0.39 is 27.2 Å². The zero-order valence-electron chi connectivity index (χ0n) is 11.9. The summed E-state index contributed by atoms with van der Waals surface area (Å²) in [5, 5.41) is 18.8. The number of hydrogen-bond acceptors (Lipinski definition) is 4. The molecule has 1 rings (SSSR count). The average molecular weight is 310 g/mol. The van der Waals surface area contributed by atoms with Crippen LogP contribution in [0, 0.1) is 11.3 Å². The lowest BCUT2D eigenvalue weighted by Crippen LogP contribution is -2.33. The maximum Gasteiger partial charge on any atom is 0.404 e. The summed E-state index contributed by atoms with van der Waals surface area (Å²) in [5.41, 5.74) is 1.09. The van der Waals surface area contributed by atoms with E-state index in [4.69, 9.17) is 10.4 Å². The van der Waals surface area contributed by atoms with E-state index in [-0.39, 0.29) is 12.2 Å². The predicted octanol–water partition coefficient (Wildman–Crippen LogP) is 2.08. The van der Waals surface area contributed by atoms with Gasteiger partial charge in [-0.05, 0) is 38.0 Å².